The Morgan fingerprint density at radius 2 is 1.69 bits per heavy atom. The van der Waals surface area contributed by atoms with Crippen molar-refractivity contribution < 1.29 is 9.52 Å². The number of aromatic hydroxyl groups is 1. The third-order valence-electron chi connectivity index (χ3n) is 5.52. The van der Waals surface area contributed by atoms with Gasteiger partial charge in [0.05, 0.1) is 5.69 Å². The molecule has 0 amide bonds. The van der Waals surface area contributed by atoms with Crippen molar-refractivity contribution in [2.75, 3.05) is 0 Å². The highest BCUT2D eigenvalue weighted by molar-refractivity contribution is 5.87. The third kappa shape index (κ3) is 4.03. The maximum Gasteiger partial charge on any atom is 0.227 e. The number of hydrogen-bond acceptors (Lipinski definition) is 4. The summed E-state index contributed by atoms with van der Waals surface area (Å²) in [6.07, 6.45) is 2.51. The van der Waals surface area contributed by atoms with Crippen LogP contribution in [-0.2, 0) is 6.42 Å². The van der Waals surface area contributed by atoms with Crippen LogP contribution in [0.15, 0.2) is 100 Å². The van der Waals surface area contributed by atoms with Gasteiger partial charge in [-0.3, -0.25) is 4.99 Å². The molecule has 1 N–H and O–H groups in total. The van der Waals surface area contributed by atoms with Crippen molar-refractivity contribution in [2.45, 2.75) is 13.3 Å². The molecule has 0 atom stereocenters. The zero-order valence-corrected chi connectivity index (χ0v) is 17.7. The lowest BCUT2D eigenvalue weighted by Gasteiger charge is -2.07. The van der Waals surface area contributed by atoms with E-state index < -0.39 is 0 Å². The van der Waals surface area contributed by atoms with Gasteiger partial charge in [0.1, 0.15) is 11.3 Å². The van der Waals surface area contributed by atoms with Gasteiger partial charge in [0, 0.05) is 17.3 Å². The van der Waals surface area contributed by atoms with Crippen molar-refractivity contribution in [3.63, 3.8) is 0 Å². The molecule has 4 heteroatoms. The molecule has 0 radical (unpaired) electrons. The molecule has 0 aliphatic rings. The van der Waals surface area contributed by atoms with Crippen LogP contribution in [0.1, 0.15) is 22.3 Å². The molecule has 0 saturated heterocycles. The normalized spacial score (nSPS) is 11.4. The first-order chi connectivity index (χ1) is 15.7. The van der Waals surface area contributed by atoms with E-state index in [-0.39, 0.29) is 5.75 Å². The predicted octanol–water partition coefficient (Wildman–Crippen LogP) is 6.85. The fourth-order valence-corrected chi connectivity index (χ4v) is 3.77. The number of aromatic nitrogens is 1. The monoisotopic (exact) mass is 418 g/mol. The molecule has 156 valence electrons. The van der Waals surface area contributed by atoms with E-state index in [0.717, 1.165) is 39.9 Å². The summed E-state index contributed by atoms with van der Waals surface area (Å²) in [6, 6.07) is 29.5. The van der Waals surface area contributed by atoms with Gasteiger partial charge in [-0.2, -0.15) is 0 Å². The summed E-state index contributed by atoms with van der Waals surface area (Å²) >= 11 is 0. The van der Waals surface area contributed by atoms with Crippen LogP contribution in [0.2, 0.25) is 0 Å². The molecule has 5 rings (SSSR count). The quantitative estimate of drug-likeness (QED) is 0.318. The van der Waals surface area contributed by atoms with Gasteiger partial charge >= 0.3 is 0 Å². The second-order valence-electron chi connectivity index (χ2n) is 7.75. The van der Waals surface area contributed by atoms with E-state index in [9.17, 15) is 5.11 Å². The van der Waals surface area contributed by atoms with E-state index in [0.29, 0.717) is 11.5 Å². The average molecular weight is 418 g/mol. The molecule has 1 aromatic heterocycles. The molecule has 5 aromatic rings. The molecule has 0 aliphatic carbocycles. The summed E-state index contributed by atoms with van der Waals surface area (Å²) in [5, 5.41) is 10.3. The van der Waals surface area contributed by atoms with E-state index in [1.165, 1.54) is 5.56 Å². The average Bonchev–Trinajstić information content (AvgIpc) is 3.25. The number of fused-ring (bicyclic) bond motifs is 1. The van der Waals surface area contributed by atoms with Crippen molar-refractivity contribution in [2.24, 2.45) is 4.99 Å². The molecule has 0 unspecified atom stereocenters. The molecule has 0 saturated carbocycles. The van der Waals surface area contributed by atoms with Gasteiger partial charge in [0.15, 0.2) is 5.58 Å². The van der Waals surface area contributed by atoms with Gasteiger partial charge in [0.25, 0.3) is 0 Å². The molecule has 0 fully saturated rings. The van der Waals surface area contributed by atoms with Crippen molar-refractivity contribution in [3.05, 3.63) is 113 Å². The SMILES string of the molecule is Cc1c(N=Cc2cc(Cc3ccccc3)ccc2O)cccc1-c1nc2ccccc2o1. The zero-order chi connectivity index (χ0) is 21.9. The Balaban J connectivity index is 1.44. The summed E-state index contributed by atoms with van der Waals surface area (Å²) in [6.45, 7) is 2.00. The lowest BCUT2D eigenvalue weighted by molar-refractivity contribution is 0.474. The lowest BCUT2D eigenvalue weighted by Crippen LogP contribution is -1.91. The van der Waals surface area contributed by atoms with Crippen LogP contribution in [0.5, 0.6) is 5.75 Å². The molecule has 4 aromatic carbocycles. The van der Waals surface area contributed by atoms with Gasteiger partial charge in [-0.1, -0.05) is 54.6 Å². The summed E-state index contributed by atoms with van der Waals surface area (Å²) < 4.78 is 5.94. The molecular weight excluding hydrogens is 396 g/mol. The number of hydrogen-bond donors (Lipinski definition) is 1. The fraction of sp³-hybridized carbons (Fsp3) is 0.0714. The van der Waals surface area contributed by atoms with Crippen LogP contribution in [0.4, 0.5) is 5.69 Å². The minimum Gasteiger partial charge on any atom is -0.507 e. The first-order valence-corrected chi connectivity index (χ1v) is 10.5. The Hall–Kier alpha value is -4.18. The van der Waals surface area contributed by atoms with Crippen LogP contribution >= 0.6 is 0 Å². The van der Waals surface area contributed by atoms with Crippen molar-refractivity contribution >= 4 is 23.0 Å². The molecule has 4 nitrogen and oxygen atoms in total. The number of para-hydroxylation sites is 2. The first kappa shape index (κ1) is 19.8. The Bertz CT molecular complexity index is 1390. The van der Waals surface area contributed by atoms with Crippen LogP contribution in [0, 0.1) is 6.92 Å². The molecule has 0 aliphatic heterocycles. The molecule has 0 bridgehead atoms. The van der Waals surface area contributed by atoms with Gasteiger partial charge in [-0.15, -0.1) is 0 Å². The Labute approximate surface area is 186 Å². The summed E-state index contributed by atoms with van der Waals surface area (Å²) in [4.78, 5) is 9.28. The molecule has 0 spiro atoms. The Morgan fingerprint density at radius 1 is 0.875 bits per heavy atom. The second kappa shape index (κ2) is 8.52. The van der Waals surface area contributed by atoms with Crippen molar-refractivity contribution in [1.29, 1.82) is 0 Å². The maximum atomic E-state index is 10.3. The number of oxazole rings is 1. The van der Waals surface area contributed by atoms with E-state index in [1.54, 1.807) is 12.3 Å². The number of rotatable bonds is 5. The highest BCUT2D eigenvalue weighted by Crippen LogP contribution is 2.32. The number of benzene rings is 4. The Morgan fingerprint density at radius 3 is 2.53 bits per heavy atom. The van der Waals surface area contributed by atoms with E-state index in [1.807, 2.05) is 79.7 Å². The topological polar surface area (TPSA) is 58.6 Å². The number of phenolic OH excluding ortho intramolecular Hbond substituents is 1. The van der Waals surface area contributed by atoms with Crippen LogP contribution in [-0.4, -0.2) is 16.3 Å². The Kier molecular flexibility index (Phi) is 5.26. The third-order valence-corrected chi connectivity index (χ3v) is 5.52. The summed E-state index contributed by atoms with van der Waals surface area (Å²) in [5.74, 6) is 0.784. The maximum absolute atomic E-state index is 10.3. The van der Waals surface area contributed by atoms with E-state index in [2.05, 4.69) is 22.1 Å². The smallest absolute Gasteiger partial charge is 0.227 e. The minimum atomic E-state index is 0.207. The molecule has 32 heavy (non-hydrogen) atoms. The molecular formula is C28H22N2O2. The highest BCUT2D eigenvalue weighted by atomic mass is 16.3. The lowest BCUT2D eigenvalue weighted by atomic mass is 10.0. The molecule has 1 heterocycles. The summed E-state index contributed by atoms with van der Waals surface area (Å²) in [5.41, 5.74) is 7.29. The fourth-order valence-electron chi connectivity index (χ4n) is 3.77. The number of nitrogens with zero attached hydrogens (tertiary/aromatic N) is 2. The van der Waals surface area contributed by atoms with Crippen LogP contribution in [0.3, 0.4) is 0 Å². The van der Waals surface area contributed by atoms with E-state index >= 15 is 0 Å². The largest absolute Gasteiger partial charge is 0.507 e. The minimum absolute atomic E-state index is 0.207. The van der Waals surface area contributed by atoms with Gasteiger partial charge in [-0.25, -0.2) is 4.98 Å². The zero-order valence-electron chi connectivity index (χ0n) is 17.7. The number of phenols is 1. The predicted molar refractivity (Wildman–Crippen MR) is 129 cm³/mol. The van der Waals surface area contributed by atoms with Gasteiger partial charge < -0.3 is 9.52 Å². The van der Waals surface area contributed by atoms with Crippen molar-refractivity contribution in [3.8, 4) is 17.2 Å². The highest BCUT2D eigenvalue weighted by Gasteiger charge is 2.12. The van der Waals surface area contributed by atoms with E-state index in [4.69, 9.17) is 4.42 Å². The van der Waals surface area contributed by atoms with Crippen LogP contribution in [0.25, 0.3) is 22.6 Å². The number of aliphatic imine (C=N–C) groups is 1. The van der Waals surface area contributed by atoms with Gasteiger partial charge in [0.2, 0.25) is 5.89 Å². The van der Waals surface area contributed by atoms with Crippen LogP contribution < -0.4 is 0 Å². The van der Waals surface area contributed by atoms with Gasteiger partial charge in [-0.05, 0) is 66.4 Å². The summed E-state index contributed by atoms with van der Waals surface area (Å²) in [7, 11) is 0. The first-order valence-electron chi connectivity index (χ1n) is 10.5. The second-order valence-corrected chi connectivity index (χ2v) is 7.75. The van der Waals surface area contributed by atoms with Crippen molar-refractivity contribution in [1.82, 2.24) is 4.98 Å². The standard InChI is InChI=1S/C28H22N2O2/c1-19-23(28-30-25-11-5-6-13-27(25)32-28)10-7-12-24(19)29-18-22-17-21(14-15-26(22)31)16-20-8-3-2-4-9-20/h2-15,17-18,31H,16H2,1H3.